The van der Waals surface area contributed by atoms with Gasteiger partial charge in [0.25, 0.3) is 0 Å². The van der Waals surface area contributed by atoms with E-state index >= 15 is 0 Å². The minimum Gasteiger partial charge on any atom is -0.320 e. The largest absolute Gasteiger partial charge is 0.320 e. The smallest absolute Gasteiger partial charge is 0.0552 e. The lowest BCUT2D eigenvalue weighted by Gasteiger charge is -2.13. The molecule has 0 radical (unpaired) electrons. The summed E-state index contributed by atoms with van der Waals surface area (Å²) in [5, 5.41) is 0. The van der Waals surface area contributed by atoms with Crippen LogP contribution in [0.4, 0.5) is 0 Å². The van der Waals surface area contributed by atoms with Gasteiger partial charge in [-0.2, -0.15) is 0 Å². The number of rotatable bonds is 2. The Morgan fingerprint density at radius 3 is 2.43 bits per heavy atom. The highest BCUT2D eigenvalue weighted by Crippen LogP contribution is 2.37. The van der Waals surface area contributed by atoms with E-state index in [0.717, 1.165) is 17.5 Å². The summed E-state index contributed by atoms with van der Waals surface area (Å²) in [6.07, 6.45) is 4.58. The molecule has 1 aliphatic carbocycles. The monoisotopic (exact) mass is 272 g/mol. The fourth-order valence-corrected chi connectivity index (χ4v) is 3.12. The van der Waals surface area contributed by atoms with Gasteiger partial charge in [0.2, 0.25) is 0 Å². The van der Waals surface area contributed by atoms with Gasteiger partial charge in [0.15, 0.2) is 0 Å². The molecule has 0 fully saturated rings. The Bertz CT molecular complexity index is 794. The molecule has 21 heavy (non-hydrogen) atoms. The van der Waals surface area contributed by atoms with Gasteiger partial charge in [-0.1, -0.05) is 42.5 Å². The lowest BCUT2D eigenvalue weighted by molar-refractivity contribution is 0.866. The molecule has 0 saturated carbocycles. The van der Waals surface area contributed by atoms with Crippen LogP contribution in [0.25, 0.3) is 11.1 Å². The van der Waals surface area contributed by atoms with Crippen LogP contribution in [0.2, 0.25) is 0 Å². The van der Waals surface area contributed by atoms with Crippen molar-refractivity contribution in [2.24, 2.45) is 5.73 Å². The number of hydrogen-bond acceptors (Lipinski definition) is 2. The molecule has 3 aromatic rings. The Labute approximate surface area is 124 Å². The predicted molar refractivity (Wildman–Crippen MR) is 85.0 cm³/mol. The molecule has 0 amide bonds. The Hall–Kier alpha value is -2.45. The van der Waals surface area contributed by atoms with Crippen LogP contribution < -0.4 is 5.73 Å². The molecule has 1 aromatic heterocycles. The third-order valence-corrected chi connectivity index (χ3v) is 4.24. The standard InChI is InChI=1S/C19H16N2/c20-19(13-7-9-21-10-8-13)15-5-6-18-16(12-15)11-14-3-1-2-4-17(14)18/h1-10,12,19H,11,20H2. The first-order valence-electron chi connectivity index (χ1n) is 7.19. The van der Waals surface area contributed by atoms with Gasteiger partial charge in [-0.25, -0.2) is 0 Å². The fraction of sp³-hybridized carbons (Fsp3) is 0.105. The average molecular weight is 272 g/mol. The summed E-state index contributed by atoms with van der Waals surface area (Å²) in [5.74, 6) is 0. The van der Waals surface area contributed by atoms with E-state index in [2.05, 4.69) is 47.4 Å². The van der Waals surface area contributed by atoms with Crippen LogP contribution >= 0.6 is 0 Å². The van der Waals surface area contributed by atoms with Gasteiger partial charge in [0.05, 0.1) is 6.04 Å². The van der Waals surface area contributed by atoms with E-state index < -0.39 is 0 Å². The molecular weight excluding hydrogens is 256 g/mol. The minimum absolute atomic E-state index is 0.0954. The van der Waals surface area contributed by atoms with E-state index in [1.165, 1.54) is 22.3 Å². The minimum atomic E-state index is -0.0954. The summed E-state index contributed by atoms with van der Waals surface area (Å²) in [5.41, 5.74) is 14.1. The van der Waals surface area contributed by atoms with Crippen LogP contribution in [0.15, 0.2) is 67.0 Å². The Morgan fingerprint density at radius 1 is 0.810 bits per heavy atom. The van der Waals surface area contributed by atoms with Crippen molar-refractivity contribution >= 4 is 0 Å². The quantitative estimate of drug-likeness (QED) is 0.604. The van der Waals surface area contributed by atoms with E-state index in [9.17, 15) is 0 Å². The number of benzene rings is 2. The zero-order valence-corrected chi connectivity index (χ0v) is 11.7. The summed E-state index contributed by atoms with van der Waals surface area (Å²) >= 11 is 0. The maximum atomic E-state index is 6.39. The van der Waals surface area contributed by atoms with E-state index in [0.29, 0.717) is 0 Å². The van der Waals surface area contributed by atoms with E-state index in [1.54, 1.807) is 12.4 Å². The number of nitrogens with two attached hydrogens (primary N) is 1. The molecule has 102 valence electrons. The lowest BCUT2D eigenvalue weighted by atomic mass is 9.96. The molecule has 1 heterocycles. The summed E-state index contributed by atoms with van der Waals surface area (Å²) in [6, 6.07) is 19.1. The van der Waals surface area contributed by atoms with Gasteiger partial charge >= 0.3 is 0 Å². The van der Waals surface area contributed by atoms with Crippen LogP contribution in [0.5, 0.6) is 0 Å². The Morgan fingerprint density at radius 2 is 1.57 bits per heavy atom. The summed E-state index contributed by atoms with van der Waals surface area (Å²) < 4.78 is 0. The van der Waals surface area contributed by atoms with Crippen molar-refractivity contribution in [1.29, 1.82) is 0 Å². The molecule has 4 rings (SSSR count). The Kier molecular flexibility index (Phi) is 2.83. The first-order valence-corrected chi connectivity index (χ1v) is 7.19. The second-order valence-electron chi connectivity index (χ2n) is 5.51. The molecule has 1 atom stereocenters. The van der Waals surface area contributed by atoms with Crippen molar-refractivity contribution in [3.8, 4) is 11.1 Å². The first kappa shape index (κ1) is 12.3. The molecule has 2 aromatic carbocycles. The van der Waals surface area contributed by atoms with E-state index in [-0.39, 0.29) is 6.04 Å². The molecule has 0 bridgehead atoms. The SMILES string of the molecule is NC(c1ccncc1)c1ccc2c(c1)Cc1ccccc1-2. The Balaban J connectivity index is 1.74. The molecule has 1 aliphatic rings. The van der Waals surface area contributed by atoms with Gasteiger partial charge in [0.1, 0.15) is 0 Å². The maximum absolute atomic E-state index is 6.39. The number of fused-ring (bicyclic) bond motifs is 3. The van der Waals surface area contributed by atoms with E-state index in [1.807, 2.05) is 12.1 Å². The highest BCUT2D eigenvalue weighted by Gasteiger charge is 2.19. The normalized spacial score (nSPS) is 13.6. The van der Waals surface area contributed by atoms with Gasteiger partial charge < -0.3 is 5.73 Å². The van der Waals surface area contributed by atoms with Crippen molar-refractivity contribution in [2.45, 2.75) is 12.5 Å². The summed E-state index contributed by atoms with van der Waals surface area (Å²) in [7, 11) is 0. The second-order valence-corrected chi connectivity index (χ2v) is 5.51. The molecule has 2 heteroatoms. The zero-order chi connectivity index (χ0) is 14.2. The van der Waals surface area contributed by atoms with Crippen LogP contribution in [0, 0.1) is 0 Å². The van der Waals surface area contributed by atoms with Crippen LogP contribution in [-0.4, -0.2) is 4.98 Å². The van der Waals surface area contributed by atoms with Crippen molar-refractivity contribution in [1.82, 2.24) is 4.98 Å². The van der Waals surface area contributed by atoms with E-state index in [4.69, 9.17) is 5.73 Å². The van der Waals surface area contributed by atoms with Crippen LogP contribution in [-0.2, 0) is 6.42 Å². The number of aromatic nitrogens is 1. The fourth-order valence-electron chi connectivity index (χ4n) is 3.12. The number of nitrogens with zero attached hydrogens (tertiary/aromatic N) is 1. The molecule has 2 nitrogen and oxygen atoms in total. The summed E-state index contributed by atoms with van der Waals surface area (Å²) in [4.78, 5) is 4.05. The van der Waals surface area contributed by atoms with Crippen molar-refractivity contribution in [3.63, 3.8) is 0 Å². The summed E-state index contributed by atoms with van der Waals surface area (Å²) in [6.45, 7) is 0. The maximum Gasteiger partial charge on any atom is 0.0552 e. The van der Waals surface area contributed by atoms with Crippen molar-refractivity contribution in [2.75, 3.05) is 0 Å². The highest BCUT2D eigenvalue weighted by molar-refractivity contribution is 5.77. The van der Waals surface area contributed by atoms with Crippen molar-refractivity contribution < 1.29 is 0 Å². The van der Waals surface area contributed by atoms with Crippen molar-refractivity contribution in [3.05, 3.63) is 89.2 Å². The third kappa shape index (κ3) is 2.05. The lowest BCUT2D eigenvalue weighted by Crippen LogP contribution is -2.12. The van der Waals surface area contributed by atoms with Gasteiger partial charge in [-0.3, -0.25) is 4.98 Å². The number of pyridine rings is 1. The van der Waals surface area contributed by atoms with Crippen LogP contribution in [0.3, 0.4) is 0 Å². The number of hydrogen-bond donors (Lipinski definition) is 1. The van der Waals surface area contributed by atoms with Gasteiger partial charge in [0, 0.05) is 12.4 Å². The zero-order valence-electron chi connectivity index (χ0n) is 11.7. The molecule has 2 N–H and O–H groups in total. The predicted octanol–water partition coefficient (Wildman–Crippen LogP) is 3.70. The third-order valence-electron chi connectivity index (χ3n) is 4.24. The average Bonchev–Trinajstić information content (AvgIpc) is 2.92. The molecule has 0 saturated heterocycles. The van der Waals surface area contributed by atoms with Crippen LogP contribution in [0.1, 0.15) is 28.3 Å². The topological polar surface area (TPSA) is 38.9 Å². The second kappa shape index (κ2) is 4.83. The van der Waals surface area contributed by atoms with Gasteiger partial charge in [-0.05, 0) is 51.9 Å². The molecule has 0 aliphatic heterocycles. The first-order chi connectivity index (χ1) is 10.3. The molecular formula is C19H16N2. The molecule has 1 unspecified atom stereocenters. The highest BCUT2D eigenvalue weighted by atomic mass is 14.7. The molecule has 0 spiro atoms. The van der Waals surface area contributed by atoms with Gasteiger partial charge in [-0.15, -0.1) is 0 Å².